The lowest BCUT2D eigenvalue weighted by molar-refractivity contribution is -0.0260. The third kappa shape index (κ3) is 8.88. The van der Waals surface area contributed by atoms with Gasteiger partial charge < -0.3 is 33.4 Å². The second-order valence-corrected chi connectivity index (χ2v) is 14.6. The normalized spacial score (nSPS) is 15.6. The molecule has 0 bridgehead atoms. The third-order valence-electron chi connectivity index (χ3n) is 10.0. The number of ketones is 1. The molecule has 11 heteroatoms. The molecular weight excluding hydrogens is 725 g/mol. The molecule has 288 valence electrons. The zero-order valence-electron chi connectivity index (χ0n) is 31.6. The van der Waals surface area contributed by atoms with Crippen molar-refractivity contribution < 1.29 is 37.7 Å². The molecule has 55 heavy (non-hydrogen) atoms. The van der Waals surface area contributed by atoms with Crippen LogP contribution in [0, 0.1) is 5.82 Å². The van der Waals surface area contributed by atoms with Crippen molar-refractivity contribution in [2.24, 2.45) is 0 Å². The maximum absolute atomic E-state index is 12.9. The molecule has 1 aromatic heterocycles. The number of nitrogens with zero attached hydrogens (tertiary/aromatic N) is 1. The molecule has 0 saturated carbocycles. The van der Waals surface area contributed by atoms with Crippen LogP contribution in [-0.2, 0) is 5.60 Å². The Morgan fingerprint density at radius 2 is 1.56 bits per heavy atom. The largest absolute Gasteiger partial charge is 0.497 e. The summed E-state index contributed by atoms with van der Waals surface area (Å²) in [7, 11) is 4.68. The second-order valence-electron chi connectivity index (χ2n) is 14.2. The van der Waals surface area contributed by atoms with Crippen LogP contribution in [0.1, 0.15) is 61.0 Å². The summed E-state index contributed by atoms with van der Waals surface area (Å²) >= 11 is 5.92. The van der Waals surface area contributed by atoms with E-state index in [-0.39, 0.29) is 11.6 Å². The molecule has 0 atom stereocenters. The number of carbonyl (C=O) groups excluding carboxylic acids is 1. The van der Waals surface area contributed by atoms with E-state index in [0.29, 0.717) is 74.9 Å². The Balaban J connectivity index is 0.000000188. The number of hydrogen-bond acceptors (Lipinski definition) is 9. The molecule has 1 fully saturated rings. The smallest absolute Gasteiger partial charge is 0.347 e. The number of halogens is 2. The van der Waals surface area contributed by atoms with E-state index in [1.165, 1.54) is 31.4 Å². The van der Waals surface area contributed by atoms with Crippen molar-refractivity contribution >= 4 is 34.4 Å². The molecule has 2 aliphatic rings. The first-order chi connectivity index (χ1) is 26.3. The Hall–Kier alpha value is -5.16. The van der Waals surface area contributed by atoms with Crippen molar-refractivity contribution in [2.75, 3.05) is 41.0 Å². The third-order valence-corrected chi connectivity index (χ3v) is 10.3. The van der Waals surface area contributed by atoms with Crippen molar-refractivity contribution in [3.05, 3.63) is 123 Å². The Bertz CT molecular complexity index is 2220. The predicted molar refractivity (Wildman–Crippen MR) is 212 cm³/mol. The van der Waals surface area contributed by atoms with E-state index >= 15 is 0 Å². The monoisotopic (exact) mass is 769 g/mol. The summed E-state index contributed by atoms with van der Waals surface area (Å²) in [5.41, 5.74) is 1.78. The molecule has 0 unspecified atom stereocenters. The van der Waals surface area contributed by atoms with Gasteiger partial charge in [-0.25, -0.2) is 9.18 Å². The summed E-state index contributed by atoms with van der Waals surface area (Å²) in [5, 5.41) is 12.1. The molecule has 2 aliphatic heterocycles. The number of Topliss-reactive ketones (excluding diaryl/α,β-unsaturated/α-hetero) is 1. The minimum absolute atomic E-state index is 0.0414. The van der Waals surface area contributed by atoms with Crippen molar-refractivity contribution in [3.8, 4) is 34.1 Å². The van der Waals surface area contributed by atoms with Gasteiger partial charge >= 0.3 is 5.63 Å². The molecule has 0 aliphatic carbocycles. The van der Waals surface area contributed by atoms with Gasteiger partial charge in [-0.15, -0.1) is 0 Å². The highest BCUT2D eigenvalue weighted by molar-refractivity contribution is 6.30. The molecule has 9 nitrogen and oxygen atoms in total. The van der Waals surface area contributed by atoms with Crippen molar-refractivity contribution in [2.45, 2.75) is 50.7 Å². The van der Waals surface area contributed by atoms with Gasteiger partial charge in [-0.1, -0.05) is 35.9 Å². The molecular formula is C44H45ClFNO8. The Labute approximate surface area is 324 Å². The highest BCUT2D eigenvalue weighted by atomic mass is 35.5. The number of rotatable bonds is 10. The quantitative estimate of drug-likeness (QED) is 0.110. The number of ether oxygens (including phenoxy) is 4. The van der Waals surface area contributed by atoms with Crippen LogP contribution in [0.4, 0.5) is 4.39 Å². The van der Waals surface area contributed by atoms with E-state index in [4.69, 9.17) is 35.0 Å². The lowest BCUT2D eigenvalue weighted by Crippen LogP contribution is -2.42. The summed E-state index contributed by atoms with van der Waals surface area (Å²) in [5.74, 6) is 1.90. The van der Waals surface area contributed by atoms with Crippen LogP contribution >= 0.6 is 11.6 Å². The predicted octanol–water partition coefficient (Wildman–Crippen LogP) is 9.10. The lowest BCUT2D eigenvalue weighted by Gasteiger charge is -2.38. The van der Waals surface area contributed by atoms with Gasteiger partial charge in [0.2, 0.25) is 0 Å². The molecule has 4 aromatic carbocycles. The average Bonchev–Trinajstić information content (AvgIpc) is 3.17. The van der Waals surface area contributed by atoms with Crippen LogP contribution in [0.25, 0.3) is 28.2 Å². The van der Waals surface area contributed by atoms with Crippen LogP contribution in [0.5, 0.6) is 23.0 Å². The minimum atomic E-state index is -0.801. The van der Waals surface area contributed by atoms with Crippen LogP contribution in [0.15, 0.2) is 94.2 Å². The van der Waals surface area contributed by atoms with Crippen molar-refractivity contribution in [3.63, 3.8) is 0 Å². The maximum Gasteiger partial charge on any atom is 0.347 e. The van der Waals surface area contributed by atoms with Gasteiger partial charge in [-0.2, -0.15) is 0 Å². The molecule has 1 N–H and O–H groups in total. The van der Waals surface area contributed by atoms with Crippen LogP contribution < -0.4 is 24.6 Å². The van der Waals surface area contributed by atoms with Crippen LogP contribution in [-0.4, -0.2) is 62.4 Å². The first kappa shape index (κ1) is 39.5. The van der Waals surface area contributed by atoms with E-state index in [0.717, 1.165) is 37.2 Å². The van der Waals surface area contributed by atoms with Gasteiger partial charge in [-0.05, 0) is 111 Å². The summed E-state index contributed by atoms with van der Waals surface area (Å²) in [6.07, 6.45) is 6.45. The first-order valence-corrected chi connectivity index (χ1v) is 18.5. The molecule has 0 amide bonds. The second kappa shape index (κ2) is 16.7. The van der Waals surface area contributed by atoms with E-state index in [1.54, 1.807) is 44.6 Å². The molecule has 1 saturated heterocycles. The lowest BCUT2D eigenvalue weighted by atomic mass is 9.84. The van der Waals surface area contributed by atoms with Gasteiger partial charge in [0.15, 0.2) is 5.78 Å². The van der Waals surface area contributed by atoms with Gasteiger partial charge in [0.25, 0.3) is 0 Å². The van der Waals surface area contributed by atoms with Gasteiger partial charge in [0.1, 0.15) is 50.9 Å². The van der Waals surface area contributed by atoms with Crippen LogP contribution in [0.3, 0.4) is 0 Å². The summed E-state index contributed by atoms with van der Waals surface area (Å²) < 4.78 is 41.2. The van der Waals surface area contributed by atoms with Gasteiger partial charge in [0.05, 0.1) is 32.5 Å². The number of carbonyl (C=O) groups is 1. The van der Waals surface area contributed by atoms with Crippen molar-refractivity contribution in [1.29, 1.82) is 0 Å². The fraction of sp³-hybridized carbons (Fsp3) is 0.318. The fourth-order valence-electron chi connectivity index (χ4n) is 7.00. The SMILES string of the molecule is COc1ccc(-c2c(OC)c3c(OC)c4c(cc3oc2=O)OC(C)(C)C=C4)cc1.O=C(CCCN1CCC(O)(c2ccc(Cl)cc2)CC1)c1ccc(F)cc1. The fourth-order valence-corrected chi connectivity index (χ4v) is 7.12. The topological polar surface area (TPSA) is 108 Å². The Morgan fingerprint density at radius 1 is 0.909 bits per heavy atom. The standard InChI is InChI=1S/C23H22O6.C21H23ClFNO2/c1-23(2)11-10-15-16(29-23)12-17-19(20(15)26-4)21(27-5)18(22(24)28-17)13-6-8-14(25-3)9-7-13;22-18-7-5-17(6-8-18)21(26)11-14-24(15-12-21)13-1-2-20(25)16-3-9-19(23)10-4-16/h6-12H,1-5H3;3-10,26H,1-2,11-15H2. The number of aliphatic hydroxyl groups is 1. The summed E-state index contributed by atoms with van der Waals surface area (Å²) in [4.78, 5) is 27.3. The first-order valence-electron chi connectivity index (χ1n) is 18.1. The van der Waals surface area contributed by atoms with Gasteiger partial charge in [0, 0.05) is 36.2 Å². The number of methoxy groups -OCH3 is 3. The zero-order valence-corrected chi connectivity index (χ0v) is 32.4. The molecule has 0 radical (unpaired) electrons. The highest BCUT2D eigenvalue weighted by Gasteiger charge is 2.34. The Morgan fingerprint density at radius 3 is 2.18 bits per heavy atom. The zero-order chi connectivity index (χ0) is 39.3. The van der Waals surface area contributed by atoms with E-state index in [1.807, 2.05) is 50.3 Å². The van der Waals surface area contributed by atoms with E-state index in [9.17, 15) is 19.1 Å². The Kier molecular flexibility index (Phi) is 12.0. The average molecular weight is 770 g/mol. The number of likely N-dealkylation sites (tertiary alicyclic amines) is 1. The number of fused-ring (bicyclic) bond motifs is 2. The van der Waals surface area contributed by atoms with Gasteiger partial charge in [-0.3, -0.25) is 4.79 Å². The minimum Gasteiger partial charge on any atom is -0.497 e. The van der Waals surface area contributed by atoms with E-state index < -0.39 is 16.8 Å². The summed E-state index contributed by atoms with van der Waals surface area (Å²) in [6.45, 7) is 6.32. The maximum atomic E-state index is 12.9. The molecule has 3 heterocycles. The number of hydrogen-bond donors (Lipinski definition) is 1. The highest BCUT2D eigenvalue weighted by Crippen LogP contribution is 2.47. The molecule has 7 rings (SSSR count). The number of benzene rings is 4. The molecule has 5 aromatic rings. The molecule has 0 spiro atoms. The summed E-state index contributed by atoms with van der Waals surface area (Å²) in [6, 6.07) is 21.9. The van der Waals surface area contributed by atoms with Crippen LogP contribution in [0.2, 0.25) is 5.02 Å². The number of piperidine rings is 1. The van der Waals surface area contributed by atoms with Crippen molar-refractivity contribution in [1.82, 2.24) is 4.90 Å². The van der Waals surface area contributed by atoms with E-state index in [2.05, 4.69) is 4.90 Å².